The molecule has 0 saturated heterocycles. The lowest BCUT2D eigenvalue weighted by atomic mass is 9.61. The fraction of sp³-hybridized carbons (Fsp3) is 0.111. The largest absolute Gasteiger partial charge is 0.375 e. The van der Waals surface area contributed by atoms with Crippen LogP contribution >= 0.6 is 0 Å². The molecule has 2 heterocycles. The smallest absolute Gasteiger partial charge is 0.155 e. The van der Waals surface area contributed by atoms with Gasteiger partial charge >= 0.3 is 0 Å². The summed E-state index contributed by atoms with van der Waals surface area (Å²) in [7, 11) is 31.9. The molecule has 200 valence electrons. The van der Waals surface area contributed by atoms with Gasteiger partial charge in [0.05, 0.1) is 22.2 Å². The van der Waals surface area contributed by atoms with Crippen molar-refractivity contribution in [2.45, 2.75) is 26.7 Å². The highest BCUT2D eigenvalue weighted by Crippen LogP contribution is 2.42. The zero-order valence-electron chi connectivity index (χ0n) is 24.8. The molecule has 44 heavy (non-hydrogen) atoms. The second-order valence-electron chi connectivity index (χ2n) is 10.8. The van der Waals surface area contributed by atoms with Crippen LogP contribution in [0.1, 0.15) is 31.5 Å². The van der Waals surface area contributed by atoms with Crippen molar-refractivity contribution < 1.29 is 4.84 Å². The molecule has 0 aliphatic heterocycles. The van der Waals surface area contributed by atoms with Gasteiger partial charge in [-0.25, -0.2) is 0 Å². The summed E-state index contributed by atoms with van der Waals surface area (Å²) in [6.07, 6.45) is 6.32. The molecule has 10 radical (unpaired) electrons. The summed E-state index contributed by atoms with van der Waals surface area (Å²) in [6, 6.07) is 26.7. The number of benzene rings is 5. The molecular weight excluding hydrogens is 530 g/mol. The fourth-order valence-electron chi connectivity index (χ4n) is 6.56. The maximum atomic E-state index is 6.57. The van der Waals surface area contributed by atoms with Crippen molar-refractivity contribution in [1.82, 2.24) is 9.30 Å². The molecule has 2 aromatic heterocycles. The molecule has 0 unspecified atom stereocenters. The highest BCUT2D eigenvalue weighted by molar-refractivity contribution is 6.68. The van der Waals surface area contributed by atoms with Crippen LogP contribution in [0.5, 0.6) is 5.75 Å². The highest BCUT2D eigenvalue weighted by Gasteiger charge is 2.24. The zero-order chi connectivity index (χ0) is 30.7. The molecule has 0 spiro atoms. The molecule has 5 aromatic carbocycles. The number of aromatic nitrogens is 2. The van der Waals surface area contributed by atoms with Crippen LogP contribution < -0.4 is 32.2 Å². The van der Waals surface area contributed by atoms with Crippen LogP contribution in [0.2, 0.25) is 0 Å². The Hall–Kier alpha value is -4.44. The van der Waals surface area contributed by atoms with E-state index in [2.05, 4.69) is 48.6 Å². The van der Waals surface area contributed by atoms with Crippen molar-refractivity contribution in [3.63, 3.8) is 0 Å². The van der Waals surface area contributed by atoms with Crippen molar-refractivity contribution in [1.29, 1.82) is 0 Å². The Morgan fingerprint density at radius 3 is 1.93 bits per heavy atom. The Labute approximate surface area is 263 Å². The van der Waals surface area contributed by atoms with Gasteiger partial charge in [0.2, 0.25) is 0 Å². The second-order valence-corrected chi connectivity index (χ2v) is 10.8. The molecule has 8 heteroatoms. The molecule has 8 rings (SSSR count). The fourth-order valence-corrected chi connectivity index (χ4v) is 6.56. The molecule has 0 fully saturated rings. The van der Waals surface area contributed by atoms with E-state index in [-0.39, 0.29) is 16.4 Å². The average Bonchev–Trinajstić information content (AvgIpc) is 3.57. The Morgan fingerprint density at radius 1 is 0.591 bits per heavy atom. The Bertz CT molecular complexity index is 2250. The van der Waals surface area contributed by atoms with Crippen LogP contribution in [0, 0.1) is 0 Å². The maximum Gasteiger partial charge on any atom is 0.155 e. The van der Waals surface area contributed by atoms with Gasteiger partial charge in [0.15, 0.2) is 5.75 Å². The molecule has 1 aliphatic rings. The van der Waals surface area contributed by atoms with Crippen LogP contribution in [0.25, 0.3) is 55.2 Å². The minimum atomic E-state index is 0.197. The Morgan fingerprint density at radius 2 is 1.20 bits per heavy atom. The van der Waals surface area contributed by atoms with Gasteiger partial charge in [-0.2, -0.15) is 4.73 Å². The van der Waals surface area contributed by atoms with Crippen molar-refractivity contribution in [2.24, 2.45) is 0 Å². The van der Waals surface area contributed by atoms with Gasteiger partial charge in [-0.1, -0.05) is 85.5 Å². The molecular formula is C36H25B5N2O. The number of para-hydroxylation sites is 2. The number of rotatable bonds is 3. The van der Waals surface area contributed by atoms with Crippen molar-refractivity contribution in [3.05, 3.63) is 96.2 Å². The van der Waals surface area contributed by atoms with Crippen LogP contribution in [0.4, 0.5) is 0 Å². The van der Waals surface area contributed by atoms with Crippen LogP contribution in [0.15, 0.2) is 84.9 Å². The van der Waals surface area contributed by atoms with Crippen molar-refractivity contribution in [3.8, 4) is 11.4 Å². The van der Waals surface area contributed by atoms with Gasteiger partial charge in [0, 0.05) is 27.4 Å². The highest BCUT2D eigenvalue weighted by atomic mass is 16.7. The number of nitrogens with zero attached hydrogens (tertiary/aromatic N) is 2. The first kappa shape index (κ1) is 28.3. The summed E-state index contributed by atoms with van der Waals surface area (Å²) in [5, 5.41) is 5.56. The quantitative estimate of drug-likeness (QED) is 0.305. The molecule has 0 amide bonds. The third-order valence-corrected chi connectivity index (χ3v) is 8.52. The van der Waals surface area contributed by atoms with E-state index in [9.17, 15) is 0 Å². The Balaban J connectivity index is 0.00000153. The van der Waals surface area contributed by atoms with Gasteiger partial charge < -0.3 is 9.40 Å². The predicted molar refractivity (Wildman–Crippen MR) is 192 cm³/mol. The van der Waals surface area contributed by atoms with Gasteiger partial charge in [0.1, 0.15) is 39.2 Å². The topological polar surface area (TPSA) is 19.1 Å². The molecule has 0 N–H and O–H groups in total. The Kier molecular flexibility index (Phi) is 7.04. The summed E-state index contributed by atoms with van der Waals surface area (Å²) in [5.74, 6) is 0.794. The van der Waals surface area contributed by atoms with Crippen LogP contribution in [0.3, 0.4) is 0 Å². The molecule has 7 aromatic rings. The predicted octanol–water partition coefficient (Wildman–Crippen LogP) is 3.69. The number of hydrogen-bond acceptors (Lipinski definition) is 1. The van der Waals surface area contributed by atoms with Crippen LogP contribution in [-0.2, 0) is 6.42 Å². The van der Waals surface area contributed by atoms with E-state index in [1.54, 1.807) is 0 Å². The van der Waals surface area contributed by atoms with Crippen molar-refractivity contribution >= 4 is 116 Å². The first-order valence-electron chi connectivity index (χ1n) is 14.9. The van der Waals surface area contributed by atoms with E-state index in [1.807, 2.05) is 65.6 Å². The van der Waals surface area contributed by atoms with E-state index in [0.29, 0.717) is 16.6 Å². The van der Waals surface area contributed by atoms with Gasteiger partial charge in [-0.05, 0) is 53.9 Å². The average molecular weight is 556 g/mol. The summed E-state index contributed by atoms with van der Waals surface area (Å²) in [4.78, 5) is 6.47. The van der Waals surface area contributed by atoms with E-state index in [4.69, 9.17) is 44.1 Å². The zero-order valence-corrected chi connectivity index (χ0v) is 24.8. The second kappa shape index (κ2) is 10.9. The minimum absolute atomic E-state index is 0.197. The third-order valence-electron chi connectivity index (χ3n) is 8.52. The monoisotopic (exact) mass is 556 g/mol. The molecule has 0 saturated carbocycles. The summed E-state index contributed by atoms with van der Waals surface area (Å²) in [6.45, 7) is 4.00. The van der Waals surface area contributed by atoms with Gasteiger partial charge in [0.25, 0.3) is 0 Å². The summed E-state index contributed by atoms with van der Waals surface area (Å²) in [5.41, 5.74) is 7.04. The third kappa shape index (κ3) is 4.04. The summed E-state index contributed by atoms with van der Waals surface area (Å²) >= 11 is 0. The van der Waals surface area contributed by atoms with E-state index in [0.717, 1.165) is 62.1 Å². The standard InChI is InChI=1S/C34H19B5N2O.C2H6/c35-29-30(36)32(38)34(33(39)31(29)37)40-23-12-6-4-10-21(23)27-19-15-17-26-28(20(19)14-16-25(27)40)22-11-5-7-13-24(22)41(26)42-18-8-2-1-3-9-18;1-2/h1-6,8-12,14-17H,7,13H2;1-2H3. The van der Waals surface area contributed by atoms with Gasteiger partial charge in [-0.3, -0.25) is 0 Å². The van der Waals surface area contributed by atoms with Gasteiger partial charge in [-0.15, -0.1) is 16.4 Å². The molecule has 3 nitrogen and oxygen atoms in total. The van der Waals surface area contributed by atoms with E-state index >= 15 is 0 Å². The van der Waals surface area contributed by atoms with E-state index in [1.165, 1.54) is 11.3 Å². The number of hydrogen-bond donors (Lipinski definition) is 0. The first-order chi connectivity index (χ1) is 21.5. The SMILES string of the molecule is CC.[B]c1c([B])c([B])c(-n2c3ccccc3c3c4ccc5c(c6c(n5Oc5ccccc5)CCC=C6)c4ccc32)c([B])c1[B]. The first-order valence-corrected chi connectivity index (χ1v) is 14.9. The maximum absolute atomic E-state index is 6.57. The lowest BCUT2D eigenvalue weighted by molar-refractivity contribution is 0.219. The summed E-state index contributed by atoms with van der Waals surface area (Å²) < 4.78 is 4.04. The molecule has 0 bridgehead atoms. The van der Waals surface area contributed by atoms with Crippen LogP contribution in [-0.4, -0.2) is 48.5 Å². The minimum Gasteiger partial charge on any atom is -0.375 e. The van der Waals surface area contributed by atoms with Crippen molar-refractivity contribution in [2.75, 3.05) is 0 Å². The van der Waals surface area contributed by atoms with E-state index < -0.39 is 0 Å². The number of fused-ring (bicyclic) bond motifs is 9. The lowest BCUT2D eigenvalue weighted by Crippen LogP contribution is -2.56. The normalized spacial score (nSPS) is 12.5. The molecule has 1 aliphatic carbocycles. The lowest BCUT2D eigenvalue weighted by Gasteiger charge is -2.23. The molecule has 0 atom stereocenters. The number of allylic oxidation sites excluding steroid dienone is 1.